The summed E-state index contributed by atoms with van der Waals surface area (Å²) in [7, 11) is 0. The smallest absolute Gasteiger partial charge is 0.303 e. The summed E-state index contributed by atoms with van der Waals surface area (Å²) in [5, 5.41) is 11.2. The molecule has 4 atom stereocenters. The van der Waals surface area contributed by atoms with Gasteiger partial charge in [-0.15, -0.1) is 0 Å². The van der Waals surface area contributed by atoms with Gasteiger partial charge in [0.15, 0.2) is 12.2 Å². The van der Waals surface area contributed by atoms with Crippen molar-refractivity contribution in [3.63, 3.8) is 0 Å². The molecule has 0 aliphatic heterocycles. The van der Waals surface area contributed by atoms with E-state index < -0.39 is 60.0 Å². The zero-order valence-electron chi connectivity index (χ0n) is 14.1. The van der Waals surface area contributed by atoms with Crippen molar-refractivity contribution in [2.45, 2.75) is 52.0 Å². The molecule has 2 N–H and O–H groups in total. The van der Waals surface area contributed by atoms with Gasteiger partial charge in [0, 0.05) is 27.7 Å². The molecule has 0 aromatic carbocycles. The Balaban J connectivity index is 5.74. The maximum Gasteiger partial charge on any atom is 0.303 e. The van der Waals surface area contributed by atoms with E-state index in [0.29, 0.717) is 0 Å². The fourth-order valence-electron chi connectivity index (χ4n) is 1.86. The topological polar surface area (TPSA) is 145 Å². The van der Waals surface area contributed by atoms with Gasteiger partial charge in [0.25, 0.3) is 0 Å². The molecule has 4 unspecified atom stereocenters. The second kappa shape index (κ2) is 10.6. The molecule has 0 aliphatic carbocycles. The molecule has 0 bridgehead atoms. The maximum absolute atomic E-state index is 11.6. The first-order valence-electron chi connectivity index (χ1n) is 7.08. The molecule has 0 saturated carbocycles. The largest absolute Gasteiger partial charge is 0.463 e. The number of hydrogen-bond donors (Lipinski definition) is 2. The van der Waals surface area contributed by atoms with Gasteiger partial charge in [-0.1, -0.05) is 0 Å². The summed E-state index contributed by atoms with van der Waals surface area (Å²) in [5.74, 6) is -3.19. The monoisotopic (exact) mass is 381 g/mol. The van der Waals surface area contributed by atoms with Crippen LogP contribution in [0.25, 0.3) is 0 Å². The van der Waals surface area contributed by atoms with Crippen LogP contribution in [0.2, 0.25) is 0 Å². The molecule has 0 rings (SSSR count). The summed E-state index contributed by atoms with van der Waals surface area (Å²) in [6.07, 6.45) is -4.95. The number of aliphatic hydroxyl groups excluding tert-OH is 1. The average molecular weight is 382 g/mol. The van der Waals surface area contributed by atoms with Crippen LogP contribution >= 0.6 is 11.6 Å². The van der Waals surface area contributed by atoms with Gasteiger partial charge >= 0.3 is 17.9 Å². The third-order valence-electron chi connectivity index (χ3n) is 2.70. The van der Waals surface area contributed by atoms with Crippen molar-refractivity contribution in [2.75, 3.05) is 6.61 Å². The highest BCUT2D eigenvalue weighted by Gasteiger charge is 2.43. The van der Waals surface area contributed by atoms with E-state index in [-0.39, 0.29) is 0 Å². The molecular weight excluding hydrogens is 362 g/mol. The van der Waals surface area contributed by atoms with Crippen LogP contribution in [0.5, 0.6) is 0 Å². The molecule has 1 amide bonds. The Hall–Kier alpha value is -2.20. The predicted molar refractivity (Wildman–Crippen MR) is 82.2 cm³/mol. The van der Waals surface area contributed by atoms with Gasteiger partial charge in [0.1, 0.15) is 18.8 Å². The molecule has 0 spiro atoms. The van der Waals surface area contributed by atoms with E-state index >= 15 is 0 Å². The van der Waals surface area contributed by atoms with Crippen molar-refractivity contribution in [2.24, 2.45) is 0 Å². The van der Waals surface area contributed by atoms with Crippen LogP contribution in [0.3, 0.4) is 0 Å². The number of aliphatic hydroxyl groups is 1. The lowest BCUT2D eigenvalue weighted by Crippen LogP contribution is -2.57. The second-order valence-electron chi connectivity index (χ2n) is 5.00. The van der Waals surface area contributed by atoms with Crippen molar-refractivity contribution in [1.82, 2.24) is 5.32 Å². The van der Waals surface area contributed by atoms with E-state index in [9.17, 15) is 29.1 Å². The number of hydrogen-bond acceptors (Lipinski definition) is 9. The molecule has 0 radical (unpaired) electrons. The fraction of sp³-hybridized carbons (Fsp3) is 0.643. The Labute approximate surface area is 148 Å². The fourth-order valence-corrected chi connectivity index (χ4v) is 2.04. The molecule has 142 valence electrons. The third-order valence-corrected chi connectivity index (χ3v) is 2.93. The zero-order valence-corrected chi connectivity index (χ0v) is 14.9. The molecule has 0 heterocycles. The SMILES string of the molecule is CC(=O)NC(C(=O)Cl)C(OC(C)=O)C(OC(C)=O)C(O)COC(C)=O. The standard InChI is InChI=1S/C14H20ClNO9/c1-6(17)16-11(14(15)22)13(25-9(4)20)12(24-8(3)19)10(21)5-23-7(2)18/h10-13,21H,5H2,1-4H3,(H,16,17). The van der Waals surface area contributed by atoms with E-state index in [2.05, 4.69) is 10.1 Å². The second-order valence-corrected chi connectivity index (χ2v) is 5.37. The average Bonchev–Trinajstić information content (AvgIpc) is 2.45. The van der Waals surface area contributed by atoms with Crippen molar-refractivity contribution in [1.29, 1.82) is 0 Å². The van der Waals surface area contributed by atoms with Crippen molar-refractivity contribution in [3.05, 3.63) is 0 Å². The summed E-state index contributed by atoms with van der Waals surface area (Å²) in [4.78, 5) is 56.4. The Morgan fingerprint density at radius 1 is 0.920 bits per heavy atom. The van der Waals surface area contributed by atoms with Crippen LogP contribution in [-0.4, -0.2) is 65.1 Å². The van der Waals surface area contributed by atoms with Gasteiger partial charge in [0.05, 0.1) is 0 Å². The van der Waals surface area contributed by atoms with E-state index in [0.717, 1.165) is 27.7 Å². The van der Waals surface area contributed by atoms with Crippen LogP contribution in [-0.2, 0) is 38.2 Å². The summed E-state index contributed by atoms with van der Waals surface area (Å²) in [6, 6.07) is -1.61. The third kappa shape index (κ3) is 9.01. The van der Waals surface area contributed by atoms with Crippen LogP contribution < -0.4 is 5.32 Å². The number of halogens is 1. The predicted octanol–water partition coefficient (Wildman–Crippen LogP) is -0.956. The highest BCUT2D eigenvalue weighted by Crippen LogP contribution is 2.17. The van der Waals surface area contributed by atoms with E-state index in [1.54, 1.807) is 0 Å². The minimum Gasteiger partial charge on any atom is -0.463 e. The number of rotatable bonds is 9. The summed E-state index contributed by atoms with van der Waals surface area (Å²) >= 11 is 5.43. The number of esters is 3. The normalized spacial score (nSPS) is 15.1. The van der Waals surface area contributed by atoms with Crippen LogP contribution in [0.15, 0.2) is 0 Å². The molecule has 0 saturated heterocycles. The number of ether oxygens (including phenoxy) is 3. The van der Waals surface area contributed by atoms with Crippen molar-refractivity contribution >= 4 is 40.7 Å². The molecule has 0 aliphatic rings. The van der Waals surface area contributed by atoms with Gasteiger partial charge in [-0.2, -0.15) is 0 Å². The summed E-state index contributed by atoms with van der Waals surface area (Å²) in [5.41, 5.74) is 0. The van der Waals surface area contributed by atoms with E-state index in [1.807, 2.05) is 0 Å². The van der Waals surface area contributed by atoms with Gasteiger partial charge < -0.3 is 24.6 Å². The lowest BCUT2D eigenvalue weighted by Gasteiger charge is -2.33. The lowest BCUT2D eigenvalue weighted by atomic mass is 10.0. The highest BCUT2D eigenvalue weighted by atomic mass is 35.5. The summed E-state index contributed by atoms with van der Waals surface area (Å²) < 4.78 is 14.4. The van der Waals surface area contributed by atoms with Crippen LogP contribution in [0, 0.1) is 0 Å². The molecule has 0 aromatic rings. The number of carbonyl (C=O) groups is 5. The molecule has 25 heavy (non-hydrogen) atoms. The summed E-state index contributed by atoms with van der Waals surface area (Å²) in [6.45, 7) is 3.55. The molecule has 10 nitrogen and oxygen atoms in total. The van der Waals surface area contributed by atoms with Crippen molar-refractivity contribution in [3.8, 4) is 0 Å². The minimum absolute atomic E-state index is 0.617. The Morgan fingerprint density at radius 2 is 1.40 bits per heavy atom. The van der Waals surface area contributed by atoms with Crippen LogP contribution in [0.4, 0.5) is 0 Å². The molecule has 0 fully saturated rings. The van der Waals surface area contributed by atoms with Gasteiger partial charge in [-0.05, 0) is 11.6 Å². The molecular formula is C14H20ClNO9. The van der Waals surface area contributed by atoms with Gasteiger partial charge in [0.2, 0.25) is 11.1 Å². The van der Waals surface area contributed by atoms with Gasteiger partial charge in [-0.25, -0.2) is 0 Å². The first-order chi connectivity index (χ1) is 11.5. The number of carbonyl (C=O) groups excluding carboxylic acids is 5. The Kier molecular flexibility index (Phi) is 9.69. The Morgan fingerprint density at radius 3 is 1.76 bits per heavy atom. The minimum atomic E-state index is -1.66. The molecule has 0 aromatic heterocycles. The van der Waals surface area contributed by atoms with Crippen molar-refractivity contribution < 1.29 is 43.3 Å². The number of amides is 1. The first kappa shape index (κ1) is 22.8. The zero-order chi connectivity index (χ0) is 19.7. The van der Waals surface area contributed by atoms with E-state index in [4.69, 9.17) is 21.1 Å². The Bertz CT molecular complexity index is 536. The molecule has 11 heteroatoms. The lowest BCUT2D eigenvalue weighted by molar-refractivity contribution is -0.183. The maximum atomic E-state index is 11.6. The first-order valence-corrected chi connectivity index (χ1v) is 7.45. The van der Waals surface area contributed by atoms with E-state index in [1.165, 1.54) is 0 Å². The van der Waals surface area contributed by atoms with Gasteiger partial charge in [-0.3, -0.25) is 24.0 Å². The quantitative estimate of drug-likeness (QED) is 0.293. The number of nitrogens with one attached hydrogen (secondary N) is 1. The van der Waals surface area contributed by atoms with Crippen LogP contribution in [0.1, 0.15) is 27.7 Å². The highest BCUT2D eigenvalue weighted by molar-refractivity contribution is 6.65.